The number of nitrogens with one attached hydrogen (secondary N) is 2. The fraction of sp³-hybridized carbons (Fsp3) is 0.333. The number of aromatic amines is 1. The Balaban J connectivity index is 1.63. The van der Waals surface area contributed by atoms with Gasteiger partial charge in [0, 0.05) is 18.8 Å². The van der Waals surface area contributed by atoms with Gasteiger partial charge < -0.3 is 15.0 Å². The summed E-state index contributed by atoms with van der Waals surface area (Å²) in [6, 6.07) is 12.9. The minimum Gasteiger partial charge on any atom is -0.378 e. The van der Waals surface area contributed by atoms with E-state index in [2.05, 4.69) is 10.3 Å². The number of carbonyl (C=O) groups is 1. The Morgan fingerprint density at radius 2 is 2.04 bits per heavy atom. The maximum Gasteiger partial charge on any atom is 0.261 e. The zero-order chi connectivity index (χ0) is 16.1. The molecule has 0 spiro atoms. The van der Waals surface area contributed by atoms with Crippen molar-refractivity contribution >= 4 is 5.91 Å². The maximum absolute atomic E-state index is 12.1. The Hall–Kier alpha value is -2.40. The van der Waals surface area contributed by atoms with Gasteiger partial charge >= 0.3 is 0 Å². The molecule has 23 heavy (non-hydrogen) atoms. The minimum atomic E-state index is -0.374. The van der Waals surface area contributed by atoms with Crippen LogP contribution in [0, 0.1) is 0 Å². The second-order valence-electron chi connectivity index (χ2n) is 5.66. The summed E-state index contributed by atoms with van der Waals surface area (Å²) in [5.74, 6) is -0.344. The van der Waals surface area contributed by atoms with E-state index >= 15 is 0 Å². The van der Waals surface area contributed by atoms with E-state index in [0.29, 0.717) is 12.2 Å². The maximum atomic E-state index is 12.1. The highest BCUT2D eigenvalue weighted by Crippen LogP contribution is 2.15. The molecule has 0 saturated carbocycles. The molecule has 5 nitrogen and oxygen atoms in total. The van der Waals surface area contributed by atoms with Crippen LogP contribution in [0.3, 0.4) is 0 Å². The SMILES string of the molecule is O=C(NCC[C@H]1CCCO1)c1ccc(-c2ccccc2)[nH]c1=O. The minimum absolute atomic E-state index is 0.136. The van der Waals surface area contributed by atoms with Crippen molar-refractivity contribution in [2.45, 2.75) is 25.4 Å². The number of hydrogen-bond acceptors (Lipinski definition) is 3. The first-order valence-corrected chi connectivity index (χ1v) is 7.92. The van der Waals surface area contributed by atoms with Crippen LogP contribution in [-0.4, -0.2) is 30.1 Å². The Morgan fingerprint density at radius 1 is 1.22 bits per heavy atom. The number of benzene rings is 1. The smallest absolute Gasteiger partial charge is 0.261 e. The molecule has 1 aliphatic heterocycles. The van der Waals surface area contributed by atoms with Gasteiger partial charge in [0.2, 0.25) is 0 Å². The quantitative estimate of drug-likeness (QED) is 0.890. The van der Waals surface area contributed by atoms with Crippen molar-refractivity contribution in [2.75, 3.05) is 13.2 Å². The molecule has 0 aliphatic carbocycles. The molecule has 0 unspecified atom stereocenters. The predicted molar refractivity (Wildman–Crippen MR) is 88.4 cm³/mol. The largest absolute Gasteiger partial charge is 0.378 e. The van der Waals surface area contributed by atoms with E-state index in [1.54, 1.807) is 12.1 Å². The van der Waals surface area contributed by atoms with Crippen molar-refractivity contribution < 1.29 is 9.53 Å². The van der Waals surface area contributed by atoms with Gasteiger partial charge in [-0.15, -0.1) is 0 Å². The van der Waals surface area contributed by atoms with Crippen molar-refractivity contribution in [2.24, 2.45) is 0 Å². The summed E-state index contributed by atoms with van der Waals surface area (Å²) in [6.45, 7) is 1.32. The van der Waals surface area contributed by atoms with Gasteiger partial charge in [-0.05, 0) is 37.0 Å². The van der Waals surface area contributed by atoms with E-state index < -0.39 is 0 Å². The van der Waals surface area contributed by atoms with E-state index in [1.165, 1.54) is 0 Å². The molecular formula is C18H20N2O3. The van der Waals surface area contributed by atoms with Gasteiger partial charge in [0.15, 0.2) is 0 Å². The first-order valence-electron chi connectivity index (χ1n) is 7.92. The topological polar surface area (TPSA) is 71.2 Å². The Labute approximate surface area is 134 Å². The molecule has 0 radical (unpaired) electrons. The molecular weight excluding hydrogens is 292 g/mol. The number of ether oxygens (including phenoxy) is 1. The third-order valence-electron chi connectivity index (χ3n) is 4.01. The average molecular weight is 312 g/mol. The van der Waals surface area contributed by atoms with Gasteiger partial charge in [-0.3, -0.25) is 9.59 Å². The highest BCUT2D eigenvalue weighted by molar-refractivity contribution is 5.94. The lowest BCUT2D eigenvalue weighted by molar-refractivity contribution is 0.0906. The molecule has 120 valence electrons. The van der Waals surface area contributed by atoms with Gasteiger partial charge in [0.05, 0.1) is 6.10 Å². The van der Waals surface area contributed by atoms with Crippen LogP contribution in [0.4, 0.5) is 0 Å². The lowest BCUT2D eigenvalue weighted by Gasteiger charge is -2.10. The lowest BCUT2D eigenvalue weighted by atomic mass is 10.1. The molecule has 3 rings (SSSR count). The fourth-order valence-corrected chi connectivity index (χ4v) is 2.75. The average Bonchev–Trinajstić information content (AvgIpc) is 3.09. The zero-order valence-corrected chi connectivity index (χ0v) is 12.9. The number of rotatable bonds is 5. The molecule has 2 heterocycles. The molecule has 1 saturated heterocycles. The van der Waals surface area contributed by atoms with Crippen LogP contribution in [0.25, 0.3) is 11.3 Å². The number of H-pyrrole nitrogens is 1. The van der Waals surface area contributed by atoms with Crippen molar-refractivity contribution in [3.05, 3.63) is 58.4 Å². The van der Waals surface area contributed by atoms with E-state index in [0.717, 1.165) is 31.4 Å². The Morgan fingerprint density at radius 3 is 2.74 bits per heavy atom. The monoisotopic (exact) mass is 312 g/mol. The third kappa shape index (κ3) is 3.87. The van der Waals surface area contributed by atoms with Crippen molar-refractivity contribution in [3.8, 4) is 11.3 Å². The summed E-state index contributed by atoms with van der Waals surface area (Å²) in [5, 5.41) is 2.79. The van der Waals surface area contributed by atoms with Crippen LogP contribution in [0.1, 0.15) is 29.6 Å². The van der Waals surface area contributed by atoms with Crippen LogP contribution in [0.5, 0.6) is 0 Å². The second kappa shape index (κ2) is 7.24. The summed E-state index contributed by atoms with van der Waals surface area (Å²) in [7, 11) is 0. The molecule has 1 fully saturated rings. The molecule has 0 bridgehead atoms. The van der Waals surface area contributed by atoms with Crippen LogP contribution < -0.4 is 10.9 Å². The number of aromatic nitrogens is 1. The van der Waals surface area contributed by atoms with Gasteiger partial charge in [0.25, 0.3) is 11.5 Å². The number of pyridine rings is 1. The predicted octanol–water partition coefficient (Wildman–Crippen LogP) is 2.34. The Bertz CT molecular complexity index is 719. The lowest BCUT2D eigenvalue weighted by Crippen LogP contribution is -2.31. The van der Waals surface area contributed by atoms with E-state index in [1.807, 2.05) is 30.3 Å². The summed E-state index contributed by atoms with van der Waals surface area (Å²) < 4.78 is 5.51. The van der Waals surface area contributed by atoms with E-state index in [4.69, 9.17) is 4.74 Å². The van der Waals surface area contributed by atoms with E-state index in [9.17, 15) is 9.59 Å². The molecule has 1 amide bonds. The van der Waals surface area contributed by atoms with Crippen LogP contribution in [-0.2, 0) is 4.74 Å². The molecule has 1 aliphatic rings. The molecule has 2 N–H and O–H groups in total. The second-order valence-corrected chi connectivity index (χ2v) is 5.66. The molecule has 1 atom stereocenters. The molecule has 1 aromatic heterocycles. The van der Waals surface area contributed by atoms with Gasteiger partial charge in [-0.2, -0.15) is 0 Å². The molecule has 5 heteroatoms. The first-order chi connectivity index (χ1) is 11.2. The number of carbonyl (C=O) groups excluding carboxylic acids is 1. The van der Waals surface area contributed by atoms with Gasteiger partial charge in [0.1, 0.15) is 5.56 Å². The van der Waals surface area contributed by atoms with Crippen LogP contribution >= 0.6 is 0 Å². The molecule has 2 aromatic rings. The van der Waals surface area contributed by atoms with Crippen LogP contribution in [0.15, 0.2) is 47.3 Å². The summed E-state index contributed by atoms with van der Waals surface area (Å²) in [5.41, 5.74) is 1.37. The van der Waals surface area contributed by atoms with Crippen molar-refractivity contribution in [1.29, 1.82) is 0 Å². The summed E-state index contributed by atoms with van der Waals surface area (Å²) in [6.07, 6.45) is 3.14. The summed E-state index contributed by atoms with van der Waals surface area (Å²) >= 11 is 0. The molecule has 1 aromatic carbocycles. The van der Waals surface area contributed by atoms with Gasteiger partial charge in [-0.25, -0.2) is 0 Å². The highest BCUT2D eigenvalue weighted by atomic mass is 16.5. The standard InChI is InChI=1S/C18H20N2O3/c21-17(19-11-10-14-7-4-12-23-14)15-8-9-16(20-18(15)22)13-5-2-1-3-6-13/h1-3,5-6,8-9,14H,4,7,10-12H2,(H,19,21)(H,20,22)/t14-/m1/s1. The third-order valence-corrected chi connectivity index (χ3v) is 4.01. The van der Waals surface area contributed by atoms with Crippen molar-refractivity contribution in [3.63, 3.8) is 0 Å². The first kappa shape index (κ1) is 15.5. The Kier molecular flexibility index (Phi) is 4.88. The van der Waals surface area contributed by atoms with E-state index in [-0.39, 0.29) is 23.1 Å². The van der Waals surface area contributed by atoms with Gasteiger partial charge in [-0.1, -0.05) is 30.3 Å². The normalized spacial score (nSPS) is 17.1. The van der Waals surface area contributed by atoms with Crippen LogP contribution in [0.2, 0.25) is 0 Å². The number of hydrogen-bond donors (Lipinski definition) is 2. The summed E-state index contributed by atoms with van der Waals surface area (Å²) in [4.78, 5) is 27.0. The zero-order valence-electron chi connectivity index (χ0n) is 12.9. The van der Waals surface area contributed by atoms with Crippen molar-refractivity contribution in [1.82, 2.24) is 10.3 Å². The fourth-order valence-electron chi connectivity index (χ4n) is 2.75. The number of amides is 1. The highest BCUT2D eigenvalue weighted by Gasteiger charge is 2.16.